The van der Waals surface area contributed by atoms with E-state index in [1.165, 1.54) is 0 Å². The van der Waals surface area contributed by atoms with Gasteiger partial charge in [0.15, 0.2) is 11.7 Å². The van der Waals surface area contributed by atoms with Crippen LogP contribution in [-0.4, -0.2) is 51.4 Å². The molecule has 0 spiro atoms. The number of hydrogen-bond donors (Lipinski definition) is 3. The second-order valence-corrected chi connectivity index (χ2v) is 5.55. The van der Waals surface area contributed by atoms with E-state index in [1.54, 1.807) is 19.2 Å². The summed E-state index contributed by atoms with van der Waals surface area (Å²) in [6, 6.07) is 3.26. The number of nitrogens with two attached hydrogens (primary N) is 1. The first-order chi connectivity index (χ1) is 11.7. The Morgan fingerprint density at radius 3 is 3.00 bits per heavy atom. The molecule has 4 N–H and O–H groups in total. The first-order valence-electron chi connectivity index (χ1n) is 8.21. The van der Waals surface area contributed by atoms with E-state index >= 15 is 0 Å². The molecule has 0 bridgehead atoms. The number of ether oxygens (including phenoxy) is 2. The van der Waals surface area contributed by atoms with Crippen molar-refractivity contribution in [1.29, 1.82) is 0 Å². The Hall–Kier alpha value is -2.06. The van der Waals surface area contributed by atoms with Crippen molar-refractivity contribution in [3.05, 3.63) is 23.7 Å². The Balaban J connectivity index is 1.55. The minimum absolute atomic E-state index is 0.151. The van der Waals surface area contributed by atoms with Crippen LogP contribution in [0.5, 0.6) is 0 Å². The first-order valence-corrected chi connectivity index (χ1v) is 8.21. The summed E-state index contributed by atoms with van der Waals surface area (Å²) >= 11 is 0. The van der Waals surface area contributed by atoms with Crippen LogP contribution >= 0.6 is 0 Å². The van der Waals surface area contributed by atoms with Gasteiger partial charge in [-0.25, -0.2) is 0 Å². The van der Waals surface area contributed by atoms with E-state index in [2.05, 4.69) is 15.6 Å². The van der Waals surface area contributed by atoms with Crippen molar-refractivity contribution >= 4 is 11.9 Å². The minimum Gasteiger partial charge on any atom is -0.454 e. The van der Waals surface area contributed by atoms with Gasteiger partial charge in [-0.1, -0.05) is 0 Å². The zero-order chi connectivity index (χ0) is 17.2. The van der Waals surface area contributed by atoms with Crippen molar-refractivity contribution in [3.8, 4) is 0 Å². The number of guanidine groups is 1. The van der Waals surface area contributed by atoms with Gasteiger partial charge in [-0.2, -0.15) is 0 Å². The SMILES string of the molecule is CN=C(NCCCOCC1CCCO1)NCc1ccc(C(N)=O)o1. The maximum Gasteiger partial charge on any atom is 0.284 e. The van der Waals surface area contributed by atoms with E-state index < -0.39 is 5.91 Å². The summed E-state index contributed by atoms with van der Waals surface area (Å²) in [6.07, 6.45) is 3.37. The van der Waals surface area contributed by atoms with Crippen molar-refractivity contribution in [2.24, 2.45) is 10.7 Å². The Morgan fingerprint density at radius 1 is 1.46 bits per heavy atom. The number of primary amides is 1. The van der Waals surface area contributed by atoms with Crippen LogP contribution in [0.2, 0.25) is 0 Å². The highest BCUT2D eigenvalue weighted by Crippen LogP contribution is 2.11. The van der Waals surface area contributed by atoms with Gasteiger partial charge in [0, 0.05) is 26.8 Å². The lowest BCUT2D eigenvalue weighted by Crippen LogP contribution is -2.37. The summed E-state index contributed by atoms with van der Waals surface area (Å²) in [7, 11) is 1.69. The molecule has 0 saturated carbocycles. The lowest BCUT2D eigenvalue weighted by molar-refractivity contribution is 0.0168. The monoisotopic (exact) mass is 338 g/mol. The molecule has 2 rings (SSSR count). The second-order valence-electron chi connectivity index (χ2n) is 5.55. The third-order valence-electron chi connectivity index (χ3n) is 3.64. The fraction of sp³-hybridized carbons (Fsp3) is 0.625. The first kappa shape index (κ1) is 18.3. The molecule has 134 valence electrons. The lowest BCUT2D eigenvalue weighted by Gasteiger charge is -2.12. The predicted molar refractivity (Wildman–Crippen MR) is 89.8 cm³/mol. The van der Waals surface area contributed by atoms with Gasteiger partial charge in [-0.15, -0.1) is 0 Å². The summed E-state index contributed by atoms with van der Waals surface area (Å²) in [5, 5.41) is 6.30. The van der Waals surface area contributed by atoms with Crippen LogP contribution in [0.1, 0.15) is 35.6 Å². The number of aliphatic imine (C=N–C) groups is 1. The number of amides is 1. The molecule has 1 aliphatic rings. The van der Waals surface area contributed by atoms with E-state index in [0.717, 1.165) is 32.4 Å². The zero-order valence-electron chi connectivity index (χ0n) is 14.0. The van der Waals surface area contributed by atoms with Crippen LogP contribution < -0.4 is 16.4 Å². The summed E-state index contributed by atoms with van der Waals surface area (Å²) in [5.74, 6) is 0.850. The molecule has 1 aliphatic heterocycles. The summed E-state index contributed by atoms with van der Waals surface area (Å²) in [5.41, 5.74) is 5.15. The van der Waals surface area contributed by atoms with Gasteiger partial charge in [0.1, 0.15) is 5.76 Å². The minimum atomic E-state index is -0.577. The van der Waals surface area contributed by atoms with Crippen molar-refractivity contribution in [2.45, 2.75) is 31.9 Å². The van der Waals surface area contributed by atoms with E-state index in [1.807, 2.05) is 0 Å². The standard InChI is InChI=1S/C16H26N4O4/c1-18-16(20-10-12-5-6-14(24-12)15(17)21)19-7-3-8-22-11-13-4-2-9-23-13/h5-6,13H,2-4,7-11H2,1H3,(H2,17,21)(H2,18,19,20). The molecule has 1 unspecified atom stereocenters. The van der Waals surface area contributed by atoms with E-state index in [4.69, 9.17) is 19.6 Å². The average molecular weight is 338 g/mol. The molecule has 24 heavy (non-hydrogen) atoms. The number of hydrogen-bond acceptors (Lipinski definition) is 5. The molecule has 1 fully saturated rings. The van der Waals surface area contributed by atoms with E-state index in [0.29, 0.717) is 31.5 Å². The number of nitrogens with one attached hydrogen (secondary N) is 2. The molecule has 2 heterocycles. The van der Waals surface area contributed by atoms with Crippen molar-refractivity contribution < 1.29 is 18.7 Å². The highest BCUT2D eigenvalue weighted by atomic mass is 16.5. The highest BCUT2D eigenvalue weighted by molar-refractivity contribution is 5.89. The fourth-order valence-corrected chi connectivity index (χ4v) is 2.37. The van der Waals surface area contributed by atoms with Crippen LogP contribution in [0.15, 0.2) is 21.5 Å². The molecule has 8 heteroatoms. The third kappa shape index (κ3) is 6.21. The lowest BCUT2D eigenvalue weighted by atomic mass is 10.2. The summed E-state index contributed by atoms with van der Waals surface area (Å²) in [4.78, 5) is 15.1. The molecule has 1 aromatic heterocycles. The number of carbonyl (C=O) groups is 1. The normalized spacial score (nSPS) is 17.9. The van der Waals surface area contributed by atoms with Gasteiger partial charge in [-0.3, -0.25) is 9.79 Å². The quantitative estimate of drug-likeness (QED) is 0.346. The topological polar surface area (TPSA) is 111 Å². The number of carbonyl (C=O) groups excluding carboxylic acids is 1. The smallest absolute Gasteiger partial charge is 0.284 e. The maximum atomic E-state index is 11.0. The van der Waals surface area contributed by atoms with Gasteiger partial charge in [0.05, 0.1) is 19.3 Å². The summed E-state index contributed by atoms with van der Waals surface area (Å²) in [6.45, 7) is 3.38. The Bertz CT molecular complexity index is 538. The third-order valence-corrected chi connectivity index (χ3v) is 3.64. The highest BCUT2D eigenvalue weighted by Gasteiger charge is 2.14. The number of rotatable bonds is 9. The van der Waals surface area contributed by atoms with Crippen LogP contribution in [0, 0.1) is 0 Å². The van der Waals surface area contributed by atoms with Crippen molar-refractivity contribution in [2.75, 3.05) is 33.4 Å². The Labute approximate surface area is 141 Å². The van der Waals surface area contributed by atoms with Gasteiger partial charge in [-0.05, 0) is 31.4 Å². The van der Waals surface area contributed by atoms with Crippen LogP contribution in [0.4, 0.5) is 0 Å². The molecular formula is C16H26N4O4. The molecule has 0 radical (unpaired) electrons. The van der Waals surface area contributed by atoms with Crippen LogP contribution in [-0.2, 0) is 16.0 Å². The molecule has 0 aromatic carbocycles. The van der Waals surface area contributed by atoms with Crippen molar-refractivity contribution in [1.82, 2.24) is 10.6 Å². The van der Waals surface area contributed by atoms with Gasteiger partial charge in [0.25, 0.3) is 5.91 Å². The van der Waals surface area contributed by atoms with Crippen molar-refractivity contribution in [3.63, 3.8) is 0 Å². The number of furan rings is 1. The largest absolute Gasteiger partial charge is 0.454 e. The molecule has 1 aromatic rings. The van der Waals surface area contributed by atoms with Gasteiger partial charge in [0.2, 0.25) is 0 Å². The maximum absolute atomic E-state index is 11.0. The molecule has 1 atom stereocenters. The predicted octanol–water partition coefficient (Wildman–Crippen LogP) is 0.629. The zero-order valence-corrected chi connectivity index (χ0v) is 14.0. The average Bonchev–Trinajstić information content (AvgIpc) is 3.25. The van der Waals surface area contributed by atoms with Gasteiger partial charge >= 0.3 is 0 Å². The van der Waals surface area contributed by atoms with E-state index in [9.17, 15) is 4.79 Å². The molecule has 0 aliphatic carbocycles. The summed E-state index contributed by atoms with van der Waals surface area (Å²) < 4.78 is 16.4. The fourth-order valence-electron chi connectivity index (χ4n) is 2.37. The molecule has 8 nitrogen and oxygen atoms in total. The van der Waals surface area contributed by atoms with Crippen LogP contribution in [0.3, 0.4) is 0 Å². The molecule has 1 saturated heterocycles. The van der Waals surface area contributed by atoms with E-state index in [-0.39, 0.29) is 11.9 Å². The Kier molecular flexibility index (Phi) is 7.57. The Morgan fingerprint density at radius 2 is 2.33 bits per heavy atom. The van der Waals surface area contributed by atoms with Crippen LogP contribution in [0.25, 0.3) is 0 Å². The number of nitrogens with zero attached hydrogens (tertiary/aromatic N) is 1. The second kappa shape index (κ2) is 9.94. The molecule has 1 amide bonds. The van der Waals surface area contributed by atoms with Gasteiger partial charge < -0.3 is 30.3 Å². The molecular weight excluding hydrogens is 312 g/mol.